The predicted molar refractivity (Wildman–Crippen MR) is 52.7 cm³/mol. The van der Waals surface area contributed by atoms with Crippen molar-refractivity contribution in [2.24, 2.45) is 10.7 Å². The molecule has 1 fully saturated rings. The van der Waals surface area contributed by atoms with Gasteiger partial charge in [0.25, 0.3) is 0 Å². The maximum Gasteiger partial charge on any atom is 0.144 e. The molecule has 1 aliphatic rings. The molecule has 0 aromatic carbocycles. The average molecular weight is 175 g/mol. The molecule has 2 N–H and O–H groups in total. The number of hydrogen-bond donors (Lipinski definition) is 1. The highest BCUT2D eigenvalue weighted by molar-refractivity contribution is 5.95. The van der Waals surface area contributed by atoms with Crippen LogP contribution in [0.2, 0.25) is 0 Å². The highest BCUT2D eigenvalue weighted by Gasteiger charge is 2.20. The van der Waals surface area contributed by atoms with Crippen LogP contribution in [0.25, 0.3) is 0 Å². The highest BCUT2D eigenvalue weighted by Crippen LogP contribution is 2.23. The second-order valence-electron chi connectivity index (χ2n) is 3.46. The molecule has 0 bridgehead atoms. The van der Waals surface area contributed by atoms with Crippen molar-refractivity contribution in [3.63, 3.8) is 0 Å². The van der Waals surface area contributed by atoms with Crippen molar-refractivity contribution in [1.82, 2.24) is 4.98 Å². The number of aromatic nitrogens is 1. The number of nitrogens with zero attached hydrogens (tertiary/aromatic N) is 2. The van der Waals surface area contributed by atoms with Gasteiger partial charge in [-0.3, -0.25) is 9.98 Å². The standard InChI is InChI=1S/C10H13N3/c1-7-4-5-12-9(6-7)10(11)13-8-2-3-8/h4-6,8H,2-3H2,1H3,(H2,11,13). The van der Waals surface area contributed by atoms with Crippen LogP contribution in [0.1, 0.15) is 24.1 Å². The smallest absolute Gasteiger partial charge is 0.144 e. The molecule has 3 nitrogen and oxygen atoms in total. The van der Waals surface area contributed by atoms with Crippen molar-refractivity contribution in [3.8, 4) is 0 Å². The van der Waals surface area contributed by atoms with Gasteiger partial charge in [0.2, 0.25) is 0 Å². The van der Waals surface area contributed by atoms with Gasteiger partial charge in [0.05, 0.1) is 6.04 Å². The Balaban J connectivity index is 2.23. The molecule has 0 aliphatic heterocycles. The number of rotatable bonds is 2. The molecule has 0 saturated heterocycles. The highest BCUT2D eigenvalue weighted by atomic mass is 14.9. The molecule has 0 unspecified atom stereocenters. The van der Waals surface area contributed by atoms with Crippen LogP contribution in [-0.2, 0) is 0 Å². The number of nitrogens with two attached hydrogens (primary N) is 1. The molecular weight excluding hydrogens is 162 g/mol. The maximum absolute atomic E-state index is 5.79. The predicted octanol–water partition coefficient (Wildman–Crippen LogP) is 1.26. The Kier molecular flexibility index (Phi) is 2.00. The Morgan fingerprint density at radius 3 is 3.00 bits per heavy atom. The van der Waals surface area contributed by atoms with E-state index in [1.54, 1.807) is 6.20 Å². The summed E-state index contributed by atoms with van der Waals surface area (Å²) in [5, 5.41) is 0. The maximum atomic E-state index is 5.79. The molecule has 0 radical (unpaired) electrons. The summed E-state index contributed by atoms with van der Waals surface area (Å²) in [6, 6.07) is 4.37. The third-order valence-electron chi connectivity index (χ3n) is 2.05. The van der Waals surface area contributed by atoms with Crippen LogP contribution in [0, 0.1) is 6.92 Å². The van der Waals surface area contributed by atoms with Crippen LogP contribution < -0.4 is 5.73 Å². The van der Waals surface area contributed by atoms with Crippen molar-refractivity contribution in [2.75, 3.05) is 0 Å². The molecule has 0 amide bonds. The van der Waals surface area contributed by atoms with E-state index in [2.05, 4.69) is 9.98 Å². The fourth-order valence-electron chi connectivity index (χ4n) is 1.14. The zero-order valence-corrected chi connectivity index (χ0v) is 7.70. The van der Waals surface area contributed by atoms with Gasteiger partial charge in [0.1, 0.15) is 11.5 Å². The van der Waals surface area contributed by atoms with Gasteiger partial charge in [-0.05, 0) is 37.5 Å². The Bertz CT molecular complexity index is 340. The number of aryl methyl sites for hydroxylation is 1. The molecule has 1 aromatic rings. The van der Waals surface area contributed by atoms with Crippen LogP contribution in [0.15, 0.2) is 23.3 Å². The van der Waals surface area contributed by atoms with Gasteiger partial charge in [0, 0.05) is 6.20 Å². The zero-order chi connectivity index (χ0) is 9.26. The first-order valence-electron chi connectivity index (χ1n) is 4.52. The quantitative estimate of drug-likeness (QED) is 0.543. The van der Waals surface area contributed by atoms with E-state index in [0.717, 1.165) is 5.69 Å². The fraction of sp³-hybridized carbons (Fsp3) is 0.400. The Hall–Kier alpha value is -1.38. The molecule has 2 rings (SSSR count). The van der Waals surface area contributed by atoms with Crippen LogP contribution >= 0.6 is 0 Å². The van der Waals surface area contributed by atoms with Gasteiger partial charge < -0.3 is 5.73 Å². The molecule has 1 saturated carbocycles. The second-order valence-corrected chi connectivity index (χ2v) is 3.46. The van der Waals surface area contributed by atoms with E-state index in [0.29, 0.717) is 11.9 Å². The SMILES string of the molecule is Cc1ccnc(C(N)=NC2CC2)c1. The summed E-state index contributed by atoms with van der Waals surface area (Å²) in [5.41, 5.74) is 7.76. The van der Waals surface area contributed by atoms with Crippen LogP contribution in [-0.4, -0.2) is 16.9 Å². The van der Waals surface area contributed by atoms with Gasteiger partial charge in [-0.1, -0.05) is 0 Å². The van der Waals surface area contributed by atoms with Crippen LogP contribution in [0.5, 0.6) is 0 Å². The first kappa shape index (κ1) is 8.23. The fourth-order valence-corrected chi connectivity index (χ4v) is 1.14. The van der Waals surface area contributed by atoms with E-state index in [1.807, 2.05) is 19.1 Å². The van der Waals surface area contributed by atoms with Gasteiger partial charge in [-0.25, -0.2) is 0 Å². The third kappa shape index (κ3) is 2.05. The summed E-state index contributed by atoms with van der Waals surface area (Å²) in [4.78, 5) is 8.50. The molecule has 0 atom stereocenters. The summed E-state index contributed by atoms with van der Waals surface area (Å²) in [6.07, 6.45) is 4.11. The number of hydrogen-bond acceptors (Lipinski definition) is 2. The van der Waals surface area contributed by atoms with E-state index in [9.17, 15) is 0 Å². The van der Waals surface area contributed by atoms with Crippen molar-refractivity contribution in [2.45, 2.75) is 25.8 Å². The van der Waals surface area contributed by atoms with Crippen LogP contribution in [0.3, 0.4) is 0 Å². The lowest BCUT2D eigenvalue weighted by Crippen LogP contribution is -2.16. The molecule has 1 heterocycles. The van der Waals surface area contributed by atoms with Crippen LogP contribution in [0.4, 0.5) is 0 Å². The van der Waals surface area contributed by atoms with Gasteiger partial charge >= 0.3 is 0 Å². The lowest BCUT2D eigenvalue weighted by molar-refractivity contribution is 1.05. The summed E-state index contributed by atoms with van der Waals surface area (Å²) >= 11 is 0. The van der Waals surface area contributed by atoms with Crippen molar-refractivity contribution in [1.29, 1.82) is 0 Å². The summed E-state index contributed by atoms with van der Waals surface area (Å²) in [5.74, 6) is 0.575. The number of amidine groups is 1. The molecular formula is C10H13N3. The minimum atomic E-state index is 0.460. The van der Waals surface area contributed by atoms with Crippen molar-refractivity contribution in [3.05, 3.63) is 29.6 Å². The molecule has 13 heavy (non-hydrogen) atoms. The topological polar surface area (TPSA) is 51.3 Å². The van der Waals surface area contributed by atoms with Gasteiger partial charge in [-0.2, -0.15) is 0 Å². The normalized spacial score (nSPS) is 17.5. The lowest BCUT2D eigenvalue weighted by Gasteiger charge is -1.99. The Morgan fingerprint density at radius 1 is 1.62 bits per heavy atom. The van der Waals surface area contributed by atoms with Crippen molar-refractivity contribution < 1.29 is 0 Å². The molecule has 1 aromatic heterocycles. The monoisotopic (exact) mass is 175 g/mol. The Morgan fingerprint density at radius 2 is 2.38 bits per heavy atom. The van der Waals surface area contributed by atoms with E-state index in [4.69, 9.17) is 5.73 Å². The summed E-state index contributed by atoms with van der Waals surface area (Å²) in [6.45, 7) is 2.02. The van der Waals surface area contributed by atoms with Crippen molar-refractivity contribution >= 4 is 5.84 Å². The second kappa shape index (κ2) is 3.17. The first-order chi connectivity index (χ1) is 6.25. The zero-order valence-electron chi connectivity index (χ0n) is 7.70. The molecule has 1 aliphatic carbocycles. The molecule has 3 heteroatoms. The van der Waals surface area contributed by atoms with Gasteiger partial charge in [0.15, 0.2) is 0 Å². The third-order valence-corrected chi connectivity index (χ3v) is 2.05. The van der Waals surface area contributed by atoms with E-state index in [-0.39, 0.29) is 0 Å². The number of aliphatic imine (C=N–C) groups is 1. The average Bonchev–Trinajstić information content (AvgIpc) is 2.88. The van der Waals surface area contributed by atoms with Gasteiger partial charge in [-0.15, -0.1) is 0 Å². The summed E-state index contributed by atoms with van der Waals surface area (Å²) in [7, 11) is 0. The van der Waals surface area contributed by atoms with E-state index < -0.39 is 0 Å². The first-order valence-corrected chi connectivity index (χ1v) is 4.52. The molecule has 0 spiro atoms. The van der Waals surface area contributed by atoms with E-state index in [1.165, 1.54) is 18.4 Å². The van der Waals surface area contributed by atoms with E-state index >= 15 is 0 Å². The minimum absolute atomic E-state index is 0.460. The minimum Gasteiger partial charge on any atom is -0.382 e. The summed E-state index contributed by atoms with van der Waals surface area (Å²) < 4.78 is 0. The lowest BCUT2D eigenvalue weighted by atomic mass is 10.2. The largest absolute Gasteiger partial charge is 0.382 e. The Labute approximate surface area is 77.7 Å². The molecule has 68 valence electrons. The number of pyridine rings is 1.